The van der Waals surface area contributed by atoms with E-state index in [2.05, 4.69) is 10.3 Å². The van der Waals surface area contributed by atoms with Gasteiger partial charge in [-0.05, 0) is 59.7 Å². The van der Waals surface area contributed by atoms with E-state index in [0.717, 1.165) is 22.6 Å². The van der Waals surface area contributed by atoms with E-state index < -0.39 is 5.25 Å². The van der Waals surface area contributed by atoms with Crippen molar-refractivity contribution >= 4 is 51.7 Å². The summed E-state index contributed by atoms with van der Waals surface area (Å²) in [5, 5.41) is 9.88. The van der Waals surface area contributed by atoms with Crippen LogP contribution in [0.5, 0.6) is 11.5 Å². The summed E-state index contributed by atoms with van der Waals surface area (Å²) in [6.07, 6.45) is 0.568. The quantitative estimate of drug-likeness (QED) is 0.417. The van der Waals surface area contributed by atoms with E-state index >= 15 is 0 Å². The number of amidine groups is 1. The second kappa shape index (κ2) is 11.3. The molecule has 0 bridgehead atoms. The van der Waals surface area contributed by atoms with Crippen LogP contribution in [-0.4, -0.2) is 47.2 Å². The van der Waals surface area contributed by atoms with Gasteiger partial charge in [-0.25, -0.2) is 5.01 Å². The van der Waals surface area contributed by atoms with Gasteiger partial charge in [0.2, 0.25) is 5.91 Å². The van der Waals surface area contributed by atoms with Crippen LogP contribution in [0, 0.1) is 0 Å². The molecule has 5 rings (SSSR count). The van der Waals surface area contributed by atoms with Crippen LogP contribution in [0.4, 0.5) is 5.69 Å². The lowest BCUT2D eigenvalue weighted by atomic mass is 9.98. The highest BCUT2D eigenvalue weighted by Gasteiger charge is 2.39. The van der Waals surface area contributed by atoms with Gasteiger partial charge in [0.25, 0.3) is 5.91 Å². The number of ether oxygens (including phenoxy) is 2. The van der Waals surface area contributed by atoms with Gasteiger partial charge < -0.3 is 14.8 Å². The number of para-hydroxylation sites is 2. The summed E-state index contributed by atoms with van der Waals surface area (Å²) in [5.74, 6) is 0.640. The summed E-state index contributed by atoms with van der Waals surface area (Å²) in [6, 6.07) is 22.2. The minimum atomic E-state index is -0.653. The first kappa shape index (κ1) is 25.8. The number of aliphatic imine (C=N–C) groups is 1. The van der Waals surface area contributed by atoms with E-state index in [1.807, 2.05) is 54.6 Å². The molecule has 2 heterocycles. The number of thioether (sulfide) groups is 1. The van der Waals surface area contributed by atoms with Crippen molar-refractivity contribution in [1.82, 2.24) is 5.01 Å². The number of carbonyl (C=O) groups excluding carboxylic acids is 2. The van der Waals surface area contributed by atoms with Gasteiger partial charge >= 0.3 is 0 Å². The van der Waals surface area contributed by atoms with Crippen LogP contribution in [0.2, 0.25) is 5.02 Å². The molecular weight excluding hydrogens is 524 g/mol. The van der Waals surface area contributed by atoms with E-state index in [4.69, 9.17) is 26.2 Å². The van der Waals surface area contributed by atoms with Gasteiger partial charge in [-0.3, -0.25) is 9.59 Å². The summed E-state index contributed by atoms with van der Waals surface area (Å²) in [4.78, 5) is 29.9. The zero-order chi connectivity index (χ0) is 26.6. The number of rotatable bonds is 7. The molecule has 2 amide bonds. The Labute approximate surface area is 229 Å². The zero-order valence-electron chi connectivity index (χ0n) is 20.8. The molecule has 3 aromatic carbocycles. The Bertz CT molecular complexity index is 1430. The number of hydrazone groups is 1. The Morgan fingerprint density at radius 1 is 1.08 bits per heavy atom. The Kier molecular flexibility index (Phi) is 7.67. The fourth-order valence-corrected chi connectivity index (χ4v) is 5.60. The van der Waals surface area contributed by atoms with Crippen molar-refractivity contribution in [3.8, 4) is 11.5 Å². The standard InChI is InChI=1S/C28H25ClN4O4S/c1-36-20-12-10-17(11-13-20)22-15-23(18-6-5-7-19(29)14-18)33(32-22)28-31-27(35)25(38-28)16-26(34)30-21-8-3-4-9-24(21)37-2/h3-14,23,25H,15-16H2,1-2H3,(H,30,34)/t23-,25+/m1/s1. The first-order valence-electron chi connectivity index (χ1n) is 11.9. The molecule has 10 heteroatoms. The summed E-state index contributed by atoms with van der Waals surface area (Å²) in [7, 11) is 3.16. The van der Waals surface area contributed by atoms with Crippen molar-refractivity contribution in [1.29, 1.82) is 0 Å². The lowest BCUT2D eigenvalue weighted by Gasteiger charge is -2.23. The highest BCUT2D eigenvalue weighted by atomic mass is 35.5. The lowest BCUT2D eigenvalue weighted by Crippen LogP contribution is -2.25. The predicted molar refractivity (Wildman–Crippen MR) is 150 cm³/mol. The number of nitrogens with zero attached hydrogens (tertiary/aromatic N) is 3. The molecule has 8 nitrogen and oxygen atoms in total. The number of benzene rings is 3. The van der Waals surface area contributed by atoms with Gasteiger partial charge in [0.05, 0.1) is 31.7 Å². The van der Waals surface area contributed by atoms with E-state index in [1.54, 1.807) is 30.3 Å². The fraction of sp³-hybridized carbons (Fsp3) is 0.214. The molecule has 0 saturated carbocycles. The molecule has 2 atom stereocenters. The second-order valence-electron chi connectivity index (χ2n) is 8.69. The number of anilines is 1. The van der Waals surface area contributed by atoms with Gasteiger partial charge in [-0.15, -0.1) is 0 Å². The number of hydrogen-bond acceptors (Lipinski definition) is 7. The van der Waals surface area contributed by atoms with Crippen molar-refractivity contribution in [2.75, 3.05) is 19.5 Å². The van der Waals surface area contributed by atoms with Gasteiger partial charge in [-0.1, -0.05) is 47.6 Å². The summed E-state index contributed by atoms with van der Waals surface area (Å²) < 4.78 is 10.6. The molecule has 0 spiro atoms. The average Bonchev–Trinajstić information content (AvgIpc) is 3.53. The van der Waals surface area contributed by atoms with Crippen molar-refractivity contribution in [2.24, 2.45) is 10.1 Å². The zero-order valence-corrected chi connectivity index (χ0v) is 22.3. The third-order valence-electron chi connectivity index (χ3n) is 6.24. The maximum Gasteiger partial charge on any atom is 0.262 e. The van der Waals surface area contributed by atoms with E-state index in [9.17, 15) is 9.59 Å². The first-order chi connectivity index (χ1) is 18.4. The van der Waals surface area contributed by atoms with Crippen molar-refractivity contribution < 1.29 is 19.1 Å². The fourth-order valence-electron chi connectivity index (χ4n) is 4.34. The lowest BCUT2D eigenvalue weighted by molar-refractivity contribution is -0.121. The average molecular weight is 549 g/mol. The SMILES string of the molecule is COc1ccc(C2=NN(C3=NC(=O)[C@H](CC(=O)Nc4ccccc4OC)S3)[C@@H](c3cccc(Cl)c3)C2)cc1. The Hall–Kier alpha value is -3.82. The molecule has 1 N–H and O–H groups in total. The third kappa shape index (κ3) is 5.54. The van der Waals surface area contributed by atoms with Gasteiger partial charge in [0.1, 0.15) is 16.7 Å². The molecule has 0 saturated heterocycles. The second-order valence-corrected chi connectivity index (χ2v) is 10.3. The molecule has 0 aliphatic carbocycles. The predicted octanol–water partition coefficient (Wildman–Crippen LogP) is 5.54. The summed E-state index contributed by atoms with van der Waals surface area (Å²) in [5.41, 5.74) is 3.30. The number of methoxy groups -OCH3 is 2. The van der Waals surface area contributed by atoms with Crippen LogP contribution in [-0.2, 0) is 9.59 Å². The topological polar surface area (TPSA) is 92.6 Å². The maximum atomic E-state index is 12.8. The highest BCUT2D eigenvalue weighted by molar-refractivity contribution is 8.15. The molecule has 194 valence electrons. The molecule has 38 heavy (non-hydrogen) atoms. The maximum absolute atomic E-state index is 12.8. The van der Waals surface area contributed by atoms with Crippen LogP contribution >= 0.6 is 23.4 Å². The van der Waals surface area contributed by atoms with Crippen molar-refractivity contribution in [3.05, 3.63) is 88.9 Å². The molecule has 2 aliphatic rings. The number of hydrogen-bond donors (Lipinski definition) is 1. The number of carbonyl (C=O) groups is 2. The summed E-state index contributed by atoms with van der Waals surface area (Å²) >= 11 is 7.54. The van der Waals surface area contributed by atoms with Crippen molar-refractivity contribution in [3.63, 3.8) is 0 Å². The minimum absolute atomic E-state index is 0.0285. The Morgan fingerprint density at radius 3 is 2.61 bits per heavy atom. The van der Waals surface area contributed by atoms with E-state index in [-0.39, 0.29) is 24.3 Å². The van der Waals surface area contributed by atoms with Gasteiger partial charge in [-0.2, -0.15) is 10.1 Å². The highest BCUT2D eigenvalue weighted by Crippen LogP contribution is 2.39. The van der Waals surface area contributed by atoms with E-state index in [1.165, 1.54) is 18.9 Å². The summed E-state index contributed by atoms with van der Waals surface area (Å²) in [6.45, 7) is 0. The van der Waals surface area contributed by atoms with Crippen LogP contribution < -0.4 is 14.8 Å². The number of halogens is 1. The first-order valence-corrected chi connectivity index (χ1v) is 13.2. The molecular formula is C28H25ClN4O4S. The van der Waals surface area contributed by atoms with Crippen LogP contribution in [0.3, 0.4) is 0 Å². The van der Waals surface area contributed by atoms with E-state index in [0.29, 0.717) is 28.0 Å². The van der Waals surface area contributed by atoms with Crippen LogP contribution in [0.1, 0.15) is 30.0 Å². The molecule has 0 radical (unpaired) electrons. The molecule has 0 aromatic heterocycles. The normalized spacial score (nSPS) is 18.7. The van der Waals surface area contributed by atoms with Crippen molar-refractivity contribution in [2.45, 2.75) is 24.1 Å². The number of nitrogens with one attached hydrogen (secondary N) is 1. The number of amides is 2. The molecule has 3 aromatic rings. The molecule has 0 unspecified atom stereocenters. The Morgan fingerprint density at radius 2 is 1.87 bits per heavy atom. The minimum Gasteiger partial charge on any atom is -0.497 e. The third-order valence-corrected chi connectivity index (χ3v) is 7.62. The van der Waals surface area contributed by atoms with Gasteiger partial charge in [0, 0.05) is 17.9 Å². The Balaban J connectivity index is 1.36. The molecule has 2 aliphatic heterocycles. The van der Waals surface area contributed by atoms with Crippen LogP contribution in [0.15, 0.2) is 82.9 Å². The monoisotopic (exact) mass is 548 g/mol. The van der Waals surface area contributed by atoms with Crippen LogP contribution in [0.25, 0.3) is 0 Å². The van der Waals surface area contributed by atoms with Gasteiger partial charge in [0.15, 0.2) is 5.17 Å². The molecule has 0 fully saturated rings. The largest absolute Gasteiger partial charge is 0.497 e. The smallest absolute Gasteiger partial charge is 0.262 e.